The molecule has 0 bridgehead atoms. The zero-order valence-electron chi connectivity index (χ0n) is 9.47. The van der Waals surface area contributed by atoms with E-state index in [4.69, 9.17) is 0 Å². The lowest BCUT2D eigenvalue weighted by molar-refractivity contribution is 0.711. The van der Waals surface area contributed by atoms with Crippen LogP contribution in [0.2, 0.25) is 32.7 Å². The van der Waals surface area contributed by atoms with Crippen LogP contribution in [-0.2, 0) is 0 Å². The van der Waals surface area contributed by atoms with Gasteiger partial charge in [0, 0.05) is 0 Å². The molecule has 0 unspecified atom stereocenters. The van der Waals surface area contributed by atoms with Crippen LogP contribution in [0.25, 0.3) is 0 Å². The molecule has 0 spiro atoms. The third-order valence-electron chi connectivity index (χ3n) is 4.38. The molecule has 1 rings (SSSR count). The highest BCUT2D eigenvalue weighted by Gasteiger charge is 2.56. The Hall–Kier alpha value is 0.571. The van der Waals surface area contributed by atoms with Crippen LogP contribution in [-0.4, -0.2) is 47.2 Å². The van der Waals surface area contributed by atoms with Crippen LogP contribution in [0.3, 0.4) is 0 Å². The minimum absolute atomic E-state index is 0.698. The quantitative estimate of drug-likeness (QED) is 0.564. The van der Waals surface area contributed by atoms with Gasteiger partial charge < -0.3 is 8.46 Å². The van der Waals surface area contributed by atoms with Gasteiger partial charge in [-0.3, -0.25) is 0 Å². The first-order valence-electron chi connectivity index (χ1n) is 4.69. The molecule has 72 valence electrons. The molecule has 1 heterocycles. The molecule has 0 N–H and O–H groups in total. The predicted molar refractivity (Wildman–Crippen MR) is 63.5 cm³/mol. The molecule has 0 amide bonds. The Kier molecular flexibility index (Phi) is 2.47. The molecule has 0 aromatic rings. The van der Waals surface area contributed by atoms with Crippen molar-refractivity contribution in [2.45, 2.75) is 32.7 Å². The van der Waals surface area contributed by atoms with Gasteiger partial charge in [0.1, 0.15) is 15.5 Å². The summed E-state index contributed by atoms with van der Waals surface area (Å²) in [6.45, 7) is 12.7. The summed E-state index contributed by atoms with van der Waals surface area (Å²) >= 11 is 0. The van der Waals surface area contributed by atoms with Gasteiger partial charge in [-0.05, 0) is 20.6 Å². The summed E-state index contributed by atoms with van der Waals surface area (Å²) in [5, 5.41) is 0. The molecule has 1 fully saturated rings. The number of hydrogen-bond donors (Lipinski definition) is 0. The highest BCUT2D eigenvalue weighted by molar-refractivity contribution is 7.43. The molecule has 12 heavy (non-hydrogen) atoms. The highest BCUT2D eigenvalue weighted by Crippen LogP contribution is 2.32. The Balaban J connectivity index is 3.06. The second-order valence-electron chi connectivity index (χ2n) is 4.97. The summed E-state index contributed by atoms with van der Waals surface area (Å²) < 4.78 is 5.55. The molecular formula is C7H22N2Si3. The van der Waals surface area contributed by atoms with Crippen LogP contribution in [0.15, 0.2) is 0 Å². The number of hydrogen-bond acceptors (Lipinski definition) is 2. The fraction of sp³-hybridized carbons (Fsp3) is 1.00. The third-order valence-corrected chi connectivity index (χ3v) is 31.9. The Morgan fingerprint density at radius 3 is 1.17 bits per heavy atom. The van der Waals surface area contributed by atoms with Crippen molar-refractivity contribution in [3.63, 3.8) is 0 Å². The predicted octanol–water partition coefficient (Wildman–Crippen LogP) is 1.20. The minimum atomic E-state index is -1.04. The normalized spacial score (nSPS) is 31.2. The minimum Gasteiger partial charge on any atom is -0.340 e. The lowest BCUT2D eigenvalue weighted by Crippen LogP contribution is -2.62. The van der Waals surface area contributed by atoms with E-state index in [1.807, 2.05) is 0 Å². The lowest BCUT2D eigenvalue weighted by Gasteiger charge is -2.37. The van der Waals surface area contributed by atoms with Gasteiger partial charge >= 0.3 is 0 Å². The van der Waals surface area contributed by atoms with Gasteiger partial charge in [0.05, 0.1) is 0 Å². The molecule has 0 aromatic heterocycles. The van der Waals surface area contributed by atoms with E-state index in [2.05, 4.69) is 55.3 Å². The van der Waals surface area contributed by atoms with Crippen LogP contribution in [0.4, 0.5) is 0 Å². The Morgan fingerprint density at radius 2 is 1.08 bits per heavy atom. The lowest BCUT2D eigenvalue weighted by atomic mass is 11.6. The first-order valence-corrected chi connectivity index (χ1v) is 13.8. The second kappa shape index (κ2) is 2.78. The van der Waals surface area contributed by atoms with Crippen LogP contribution in [0, 0.1) is 0 Å². The maximum absolute atomic E-state index is 2.78. The molecule has 2 nitrogen and oxygen atoms in total. The van der Waals surface area contributed by atoms with E-state index in [1.54, 1.807) is 0 Å². The topological polar surface area (TPSA) is 6.48 Å². The van der Waals surface area contributed by atoms with Gasteiger partial charge in [0.25, 0.3) is 0 Å². The summed E-state index contributed by atoms with van der Waals surface area (Å²) in [4.78, 5) is 0. The summed E-state index contributed by atoms with van der Waals surface area (Å²) in [6, 6.07) is 0. The van der Waals surface area contributed by atoms with E-state index >= 15 is 0 Å². The van der Waals surface area contributed by atoms with E-state index in [0.29, 0.717) is 0 Å². The largest absolute Gasteiger partial charge is 0.340 e. The molecule has 0 saturated carbocycles. The van der Waals surface area contributed by atoms with Crippen molar-refractivity contribution < 1.29 is 0 Å². The van der Waals surface area contributed by atoms with E-state index in [9.17, 15) is 0 Å². The Bertz CT molecular complexity index is 173. The summed E-state index contributed by atoms with van der Waals surface area (Å²) in [6.07, 6.45) is 0. The van der Waals surface area contributed by atoms with Crippen molar-refractivity contribution in [3.05, 3.63) is 0 Å². The van der Waals surface area contributed by atoms with Crippen molar-refractivity contribution in [3.8, 4) is 0 Å². The Labute approximate surface area is 80.3 Å². The first kappa shape index (κ1) is 10.7. The molecule has 0 aliphatic carbocycles. The standard InChI is InChI=1S/C7H22N2Si3/c1-8-10(3)9(2)12(6,7)11(8,4)5/h10H,1-7H3. The van der Waals surface area contributed by atoms with Crippen molar-refractivity contribution in [1.29, 1.82) is 0 Å². The van der Waals surface area contributed by atoms with E-state index < -0.39 is 24.6 Å². The van der Waals surface area contributed by atoms with Crippen molar-refractivity contribution in [1.82, 2.24) is 8.46 Å². The average Bonchev–Trinajstić information content (AvgIpc) is 2.05. The Morgan fingerprint density at radius 1 is 0.833 bits per heavy atom. The molecule has 1 aliphatic rings. The summed E-state index contributed by atoms with van der Waals surface area (Å²) in [5.74, 6) is 0. The second-order valence-corrected chi connectivity index (χ2v) is 23.8. The average molecular weight is 219 g/mol. The molecule has 0 atom stereocenters. The monoisotopic (exact) mass is 218 g/mol. The molecule has 5 heteroatoms. The molecule has 1 aliphatic heterocycles. The SMILES string of the molecule is CN1[SiH](C)N(C)[Si](C)(C)[Si]1(C)C. The summed E-state index contributed by atoms with van der Waals surface area (Å²) in [7, 11) is 1.95. The molecular weight excluding hydrogens is 196 g/mol. The van der Waals surface area contributed by atoms with Crippen LogP contribution in [0.1, 0.15) is 0 Å². The number of nitrogens with zero attached hydrogens (tertiary/aromatic N) is 2. The van der Waals surface area contributed by atoms with Crippen molar-refractivity contribution >= 4 is 24.6 Å². The fourth-order valence-corrected chi connectivity index (χ4v) is 27.4. The van der Waals surface area contributed by atoms with Crippen LogP contribution < -0.4 is 0 Å². The summed E-state index contributed by atoms with van der Waals surface area (Å²) in [5.41, 5.74) is 0. The van der Waals surface area contributed by atoms with Crippen molar-refractivity contribution in [2.75, 3.05) is 14.1 Å². The van der Waals surface area contributed by atoms with Gasteiger partial charge in [-0.1, -0.05) is 26.2 Å². The third kappa shape index (κ3) is 1.11. The van der Waals surface area contributed by atoms with Crippen molar-refractivity contribution in [2.24, 2.45) is 0 Å². The fourth-order valence-electron chi connectivity index (χ4n) is 2.06. The van der Waals surface area contributed by atoms with E-state index in [0.717, 1.165) is 0 Å². The van der Waals surface area contributed by atoms with Gasteiger partial charge in [0.15, 0.2) is 9.12 Å². The first-order chi connectivity index (χ1) is 5.23. The van der Waals surface area contributed by atoms with Gasteiger partial charge in [-0.25, -0.2) is 0 Å². The highest BCUT2D eigenvalue weighted by atomic mass is 29.3. The molecule has 1 saturated heterocycles. The molecule has 0 radical (unpaired) electrons. The van der Waals surface area contributed by atoms with E-state index in [-0.39, 0.29) is 0 Å². The van der Waals surface area contributed by atoms with E-state index in [1.165, 1.54) is 0 Å². The zero-order chi connectivity index (χ0) is 9.73. The number of rotatable bonds is 0. The van der Waals surface area contributed by atoms with Crippen LogP contribution in [0.5, 0.6) is 0 Å². The van der Waals surface area contributed by atoms with Gasteiger partial charge in [-0.2, -0.15) is 0 Å². The molecule has 0 aromatic carbocycles. The van der Waals surface area contributed by atoms with Crippen LogP contribution >= 0.6 is 0 Å². The van der Waals surface area contributed by atoms with Gasteiger partial charge in [-0.15, -0.1) is 0 Å². The maximum Gasteiger partial charge on any atom is 0.172 e. The smallest absolute Gasteiger partial charge is 0.172 e. The maximum atomic E-state index is 2.78. The van der Waals surface area contributed by atoms with Gasteiger partial charge in [0.2, 0.25) is 0 Å². The zero-order valence-corrected chi connectivity index (χ0v) is 12.6.